The Morgan fingerprint density at radius 2 is 1.12 bits per heavy atom. The molecule has 0 spiro atoms. The summed E-state index contributed by atoms with van der Waals surface area (Å²) >= 11 is 0. The van der Waals surface area contributed by atoms with Crippen molar-refractivity contribution in [3.05, 3.63) is 139 Å². The summed E-state index contributed by atoms with van der Waals surface area (Å²) in [6.07, 6.45) is 0. The van der Waals surface area contributed by atoms with Crippen LogP contribution in [0.25, 0.3) is 33.4 Å². The van der Waals surface area contributed by atoms with Gasteiger partial charge in [0.2, 0.25) is 0 Å². The Bertz CT molecular complexity index is 1980. The van der Waals surface area contributed by atoms with E-state index >= 15 is 0 Å². The van der Waals surface area contributed by atoms with E-state index in [1.807, 2.05) is 0 Å². The second kappa shape index (κ2) is 9.28. The topological polar surface area (TPSA) is 18.5 Å². The van der Waals surface area contributed by atoms with Gasteiger partial charge in [-0.15, -0.1) is 0 Å². The van der Waals surface area contributed by atoms with Crippen LogP contribution in [0.3, 0.4) is 0 Å². The number of fused-ring (bicyclic) bond motifs is 4. The summed E-state index contributed by atoms with van der Waals surface area (Å²) in [6.45, 7) is 4.32. The Kier molecular flexibility index (Phi) is 5.40. The molecule has 194 valence electrons. The molecule has 2 aliphatic heterocycles. The molecule has 0 fully saturated rings. The first-order valence-corrected chi connectivity index (χ1v) is 14.1. The van der Waals surface area contributed by atoms with Gasteiger partial charge in [-0.3, -0.25) is 0 Å². The van der Waals surface area contributed by atoms with Gasteiger partial charge >= 0.3 is 0 Å². The molecule has 0 amide bonds. The van der Waals surface area contributed by atoms with E-state index in [4.69, 9.17) is 9.47 Å². The normalized spacial score (nSPS) is 12.5. The van der Waals surface area contributed by atoms with E-state index in [2.05, 4.69) is 141 Å². The summed E-state index contributed by atoms with van der Waals surface area (Å²) in [5.41, 5.74) is 12.9. The Hall–Kier alpha value is -5.02. The molecule has 3 heteroatoms. The molecule has 2 nitrogen and oxygen atoms in total. The molecule has 6 aromatic carbocycles. The average molecular weight is 526 g/mol. The number of hydrogen-bond acceptors (Lipinski definition) is 2. The Morgan fingerprint density at radius 3 is 1.90 bits per heavy atom. The Labute approximate surface area is 240 Å². The lowest BCUT2D eigenvalue weighted by Crippen LogP contribution is -2.57. The predicted octanol–water partition coefficient (Wildman–Crippen LogP) is 8.03. The van der Waals surface area contributed by atoms with E-state index in [0.29, 0.717) is 0 Å². The highest BCUT2D eigenvalue weighted by Gasteiger charge is 2.41. The molecule has 0 aromatic heterocycles. The zero-order chi connectivity index (χ0) is 27.5. The molecular weight excluding hydrogens is 499 g/mol. The maximum absolute atomic E-state index is 6.90. The SMILES string of the molecule is Cc1ccccc1-c1ccc2c(c1)B1c3ccc(-c4ccccc4)cc3Oc3c(-c4ccccc4C)ccc(c31)O2. The zero-order valence-electron chi connectivity index (χ0n) is 23.0. The fourth-order valence-electron chi connectivity index (χ4n) is 6.45. The summed E-state index contributed by atoms with van der Waals surface area (Å²) in [4.78, 5) is 0. The highest BCUT2D eigenvalue weighted by Crippen LogP contribution is 2.42. The first-order valence-electron chi connectivity index (χ1n) is 14.1. The Morgan fingerprint density at radius 1 is 0.439 bits per heavy atom. The fraction of sp³-hybridized carbons (Fsp3) is 0.0526. The molecule has 0 aliphatic carbocycles. The number of benzene rings is 6. The number of aryl methyl sites for hydroxylation is 2. The average Bonchev–Trinajstić information content (AvgIpc) is 3.01. The molecule has 0 bridgehead atoms. The summed E-state index contributed by atoms with van der Waals surface area (Å²) in [5, 5.41) is 0. The largest absolute Gasteiger partial charge is 0.458 e. The second-order valence-electron chi connectivity index (χ2n) is 11.0. The van der Waals surface area contributed by atoms with Crippen molar-refractivity contribution in [1.29, 1.82) is 0 Å². The van der Waals surface area contributed by atoms with Gasteiger partial charge in [-0.1, -0.05) is 103 Å². The van der Waals surface area contributed by atoms with Crippen LogP contribution in [0.4, 0.5) is 0 Å². The number of hydrogen-bond donors (Lipinski definition) is 0. The quantitative estimate of drug-likeness (QED) is 0.217. The van der Waals surface area contributed by atoms with Crippen LogP contribution in [0.1, 0.15) is 11.1 Å². The van der Waals surface area contributed by atoms with Crippen LogP contribution < -0.4 is 25.9 Å². The third-order valence-electron chi connectivity index (χ3n) is 8.52. The number of ether oxygens (including phenoxy) is 2. The molecule has 2 aliphatic rings. The molecule has 41 heavy (non-hydrogen) atoms. The van der Waals surface area contributed by atoms with Crippen molar-refractivity contribution < 1.29 is 9.47 Å². The third kappa shape index (κ3) is 3.81. The van der Waals surface area contributed by atoms with Gasteiger partial charge in [-0.05, 0) is 88.0 Å². The summed E-state index contributed by atoms with van der Waals surface area (Å²) in [6, 6.07) is 45.1. The first kappa shape index (κ1) is 23.8. The van der Waals surface area contributed by atoms with Gasteiger partial charge < -0.3 is 9.47 Å². The van der Waals surface area contributed by atoms with Crippen LogP contribution in [-0.2, 0) is 0 Å². The van der Waals surface area contributed by atoms with E-state index < -0.39 is 0 Å². The smallest absolute Gasteiger partial charge is 0.260 e. The van der Waals surface area contributed by atoms with Crippen molar-refractivity contribution in [2.75, 3.05) is 0 Å². The minimum Gasteiger partial charge on any atom is -0.458 e. The molecular formula is C38H27BO2. The standard InChI is InChI=1S/C38H27BO2/c1-24-10-6-8-14-29(24)28-17-20-34-33(22-28)39-32-19-16-27(26-12-4-3-5-13-26)23-36(32)41-38-31(18-21-35(40-34)37(38)39)30-15-9-7-11-25(30)2/h3-23H,1-2H3. The third-order valence-corrected chi connectivity index (χ3v) is 8.52. The van der Waals surface area contributed by atoms with E-state index in [1.54, 1.807) is 0 Å². The fourth-order valence-corrected chi connectivity index (χ4v) is 6.45. The zero-order valence-corrected chi connectivity index (χ0v) is 23.0. The Balaban J connectivity index is 1.38. The second-order valence-corrected chi connectivity index (χ2v) is 11.0. The molecule has 2 heterocycles. The van der Waals surface area contributed by atoms with Crippen molar-refractivity contribution in [1.82, 2.24) is 0 Å². The maximum Gasteiger partial charge on any atom is 0.260 e. The van der Waals surface area contributed by atoms with Gasteiger partial charge in [0.15, 0.2) is 0 Å². The van der Waals surface area contributed by atoms with Gasteiger partial charge in [0, 0.05) is 11.0 Å². The molecule has 0 N–H and O–H groups in total. The van der Waals surface area contributed by atoms with E-state index in [1.165, 1.54) is 38.8 Å². The number of rotatable bonds is 3. The van der Waals surface area contributed by atoms with Gasteiger partial charge in [0.1, 0.15) is 23.0 Å². The lowest BCUT2D eigenvalue weighted by Gasteiger charge is -2.34. The van der Waals surface area contributed by atoms with Crippen molar-refractivity contribution >= 4 is 23.1 Å². The molecule has 0 unspecified atom stereocenters. The van der Waals surface area contributed by atoms with E-state index in [-0.39, 0.29) is 6.71 Å². The monoisotopic (exact) mass is 526 g/mol. The summed E-state index contributed by atoms with van der Waals surface area (Å²) in [5.74, 6) is 3.53. The van der Waals surface area contributed by atoms with Crippen molar-refractivity contribution in [2.24, 2.45) is 0 Å². The lowest BCUT2D eigenvalue weighted by molar-refractivity contribution is 0.466. The lowest BCUT2D eigenvalue weighted by atomic mass is 9.34. The minimum atomic E-state index is -0.00902. The van der Waals surface area contributed by atoms with Crippen LogP contribution in [0.15, 0.2) is 127 Å². The first-order chi connectivity index (χ1) is 20.2. The molecule has 8 rings (SSSR count). The highest BCUT2D eigenvalue weighted by molar-refractivity contribution is 6.98. The highest BCUT2D eigenvalue weighted by atomic mass is 16.5. The van der Waals surface area contributed by atoms with Crippen LogP contribution in [0, 0.1) is 13.8 Å². The van der Waals surface area contributed by atoms with Crippen LogP contribution in [0.5, 0.6) is 23.0 Å². The van der Waals surface area contributed by atoms with Crippen molar-refractivity contribution in [2.45, 2.75) is 13.8 Å². The van der Waals surface area contributed by atoms with E-state index in [9.17, 15) is 0 Å². The molecule has 0 radical (unpaired) electrons. The molecule has 0 atom stereocenters. The maximum atomic E-state index is 6.90. The van der Waals surface area contributed by atoms with Gasteiger partial charge in [-0.25, -0.2) is 0 Å². The van der Waals surface area contributed by atoms with Gasteiger partial charge in [0.05, 0.1) is 0 Å². The summed E-state index contributed by atoms with van der Waals surface area (Å²) in [7, 11) is 0. The van der Waals surface area contributed by atoms with Crippen LogP contribution in [-0.4, -0.2) is 6.71 Å². The molecule has 0 saturated heterocycles. The van der Waals surface area contributed by atoms with Crippen molar-refractivity contribution in [3.8, 4) is 56.4 Å². The van der Waals surface area contributed by atoms with Crippen LogP contribution >= 0.6 is 0 Å². The van der Waals surface area contributed by atoms with Crippen LogP contribution in [0.2, 0.25) is 0 Å². The molecule has 6 aromatic rings. The van der Waals surface area contributed by atoms with Crippen molar-refractivity contribution in [3.63, 3.8) is 0 Å². The molecule has 0 saturated carbocycles. The summed E-state index contributed by atoms with van der Waals surface area (Å²) < 4.78 is 13.5. The van der Waals surface area contributed by atoms with E-state index in [0.717, 1.165) is 45.1 Å². The van der Waals surface area contributed by atoms with Gasteiger partial charge in [-0.2, -0.15) is 0 Å². The van der Waals surface area contributed by atoms with Gasteiger partial charge in [0.25, 0.3) is 6.71 Å². The minimum absolute atomic E-state index is 0.00902. The predicted molar refractivity (Wildman–Crippen MR) is 170 cm³/mol.